The number of nitrogens with two attached hydrogens (primary N) is 1. The van der Waals surface area contributed by atoms with Crippen molar-refractivity contribution in [2.75, 3.05) is 18.5 Å². The number of fused-ring (bicyclic) bond motifs is 1. The summed E-state index contributed by atoms with van der Waals surface area (Å²) in [4.78, 5) is 4.27. The standard InChI is InChI=1S/C16H19N3O3.HI/c1-11-5-8-22-15(11)10-18-16(17)19-12-3-4-13-14(9-12)21-7-2-6-20-13;/h3-5,8-9H,2,6-7,10H2,1H3,(H3,17,18,19);1H. The quantitative estimate of drug-likeness (QED) is 0.445. The monoisotopic (exact) mass is 429 g/mol. The Labute approximate surface area is 152 Å². The molecule has 0 atom stereocenters. The lowest BCUT2D eigenvalue weighted by atomic mass is 10.2. The van der Waals surface area contributed by atoms with Crippen molar-refractivity contribution >= 4 is 35.6 Å². The van der Waals surface area contributed by atoms with Crippen molar-refractivity contribution in [3.05, 3.63) is 41.9 Å². The molecule has 1 aromatic heterocycles. The van der Waals surface area contributed by atoms with Gasteiger partial charge >= 0.3 is 0 Å². The summed E-state index contributed by atoms with van der Waals surface area (Å²) < 4.78 is 16.6. The van der Waals surface area contributed by atoms with E-state index < -0.39 is 0 Å². The minimum atomic E-state index is 0. The maximum atomic E-state index is 5.90. The molecule has 0 amide bonds. The fraction of sp³-hybridized carbons (Fsp3) is 0.312. The molecule has 0 fully saturated rings. The second-order valence-corrected chi connectivity index (χ2v) is 5.07. The lowest BCUT2D eigenvalue weighted by Gasteiger charge is -2.10. The number of halogens is 1. The molecule has 1 aromatic carbocycles. The molecule has 124 valence electrons. The van der Waals surface area contributed by atoms with Crippen LogP contribution in [0.2, 0.25) is 0 Å². The molecular formula is C16H20IN3O3. The zero-order valence-corrected chi connectivity index (χ0v) is 15.2. The first kappa shape index (κ1) is 17.5. The summed E-state index contributed by atoms with van der Waals surface area (Å²) in [7, 11) is 0. The molecule has 0 radical (unpaired) electrons. The third kappa shape index (κ3) is 4.54. The van der Waals surface area contributed by atoms with Gasteiger partial charge in [-0.1, -0.05) is 0 Å². The largest absolute Gasteiger partial charge is 0.490 e. The minimum absolute atomic E-state index is 0. The van der Waals surface area contributed by atoms with E-state index in [-0.39, 0.29) is 24.0 Å². The topological polar surface area (TPSA) is 82.0 Å². The van der Waals surface area contributed by atoms with E-state index in [2.05, 4.69) is 10.3 Å². The van der Waals surface area contributed by atoms with Gasteiger partial charge in [0.1, 0.15) is 12.3 Å². The lowest BCUT2D eigenvalue weighted by Crippen LogP contribution is -2.22. The number of anilines is 1. The first-order valence-electron chi connectivity index (χ1n) is 7.22. The molecule has 3 N–H and O–H groups in total. The summed E-state index contributed by atoms with van der Waals surface area (Å²) in [5.74, 6) is 2.61. The zero-order chi connectivity index (χ0) is 15.4. The number of hydrogen-bond acceptors (Lipinski definition) is 4. The molecule has 1 aliphatic rings. The summed E-state index contributed by atoms with van der Waals surface area (Å²) in [5.41, 5.74) is 7.77. The summed E-state index contributed by atoms with van der Waals surface area (Å²) in [5, 5.41) is 3.04. The van der Waals surface area contributed by atoms with Crippen LogP contribution < -0.4 is 20.5 Å². The number of aryl methyl sites for hydroxylation is 1. The number of rotatable bonds is 3. The lowest BCUT2D eigenvalue weighted by molar-refractivity contribution is 0.297. The van der Waals surface area contributed by atoms with E-state index in [1.807, 2.05) is 31.2 Å². The number of nitrogens with one attached hydrogen (secondary N) is 1. The Kier molecular flexibility index (Phi) is 6.14. The average Bonchev–Trinajstić information content (AvgIpc) is 2.78. The summed E-state index contributed by atoms with van der Waals surface area (Å²) in [6, 6.07) is 7.51. The third-order valence-electron chi connectivity index (χ3n) is 3.38. The Morgan fingerprint density at radius 3 is 2.74 bits per heavy atom. The SMILES string of the molecule is Cc1ccoc1CN=C(N)Nc1ccc2c(c1)OCCCO2.I. The highest BCUT2D eigenvalue weighted by Gasteiger charge is 2.11. The molecular weight excluding hydrogens is 409 g/mol. The van der Waals surface area contributed by atoms with Crippen molar-refractivity contribution in [3.63, 3.8) is 0 Å². The third-order valence-corrected chi connectivity index (χ3v) is 3.38. The van der Waals surface area contributed by atoms with Gasteiger partial charge in [0.15, 0.2) is 17.5 Å². The number of aliphatic imine (C=N–C) groups is 1. The first-order valence-corrected chi connectivity index (χ1v) is 7.22. The van der Waals surface area contributed by atoms with Crippen LogP contribution >= 0.6 is 24.0 Å². The predicted molar refractivity (Wildman–Crippen MR) is 99.9 cm³/mol. The predicted octanol–water partition coefficient (Wildman–Crippen LogP) is 3.29. The van der Waals surface area contributed by atoms with E-state index in [9.17, 15) is 0 Å². The van der Waals surface area contributed by atoms with Gasteiger partial charge in [0.25, 0.3) is 0 Å². The van der Waals surface area contributed by atoms with Gasteiger partial charge in [0, 0.05) is 18.2 Å². The van der Waals surface area contributed by atoms with Crippen LogP contribution in [-0.4, -0.2) is 19.2 Å². The van der Waals surface area contributed by atoms with Crippen LogP contribution in [0.25, 0.3) is 0 Å². The van der Waals surface area contributed by atoms with Crippen LogP contribution in [0.15, 0.2) is 39.9 Å². The number of benzene rings is 1. The summed E-state index contributed by atoms with van der Waals surface area (Å²) in [6.07, 6.45) is 2.52. The van der Waals surface area contributed by atoms with Gasteiger partial charge < -0.3 is 24.9 Å². The molecule has 7 heteroatoms. The Balaban J connectivity index is 0.00000192. The van der Waals surface area contributed by atoms with Gasteiger partial charge in [-0.05, 0) is 30.7 Å². The highest BCUT2D eigenvalue weighted by atomic mass is 127. The van der Waals surface area contributed by atoms with Crippen molar-refractivity contribution in [2.24, 2.45) is 10.7 Å². The summed E-state index contributed by atoms with van der Waals surface area (Å²) in [6.45, 7) is 3.70. The second-order valence-electron chi connectivity index (χ2n) is 5.07. The van der Waals surface area contributed by atoms with Crippen molar-refractivity contribution in [1.82, 2.24) is 0 Å². The molecule has 0 aliphatic carbocycles. The van der Waals surface area contributed by atoms with E-state index in [0.29, 0.717) is 25.7 Å². The number of hydrogen-bond donors (Lipinski definition) is 2. The van der Waals surface area contributed by atoms with Crippen LogP contribution in [0, 0.1) is 6.92 Å². The minimum Gasteiger partial charge on any atom is -0.490 e. The number of guanidine groups is 1. The van der Waals surface area contributed by atoms with Crippen LogP contribution in [0.1, 0.15) is 17.7 Å². The molecule has 2 heterocycles. The molecule has 3 rings (SSSR count). The van der Waals surface area contributed by atoms with E-state index in [0.717, 1.165) is 34.9 Å². The van der Waals surface area contributed by atoms with Crippen molar-refractivity contribution in [1.29, 1.82) is 0 Å². The van der Waals surface area contributed by atoms with Gasteiger partial charge in [-0.25, -0.2) is 4.99 Å². The fourth-order valence-electron chi connectivity index (χ4n) is 2.15. The van der Waals surface area contributed by atoms with Crippen LogP contribution in [0.5, 0.6) is 11.5 Å². The number of nitrogens with zero attached hydrogens (tertiary/aromatic N) is 1. The van der Waals surface area contributed by atoms with Gasteiger partial charge in [0.2, 0.25) is 0 Å². The molecule has 0 unspecified atom stereocenters. The van der Waals surface area contributed by atoms with Crippen molar-refractivity contribution < 1.29 is 13.9 Å². The van der Waals surface area contributed by atoms with Crippen LogP contribution in [-0.2, 0) is 6.54 Å². The first-order chi connectivity index (χ1) is 10.7. The molecule has 23 heavy (non-hydrogen) atoms. The molecule has 1 aliphatic heterocycles. The Morgan fingerprint density at radius 1 is 1.22 bits per heavy atom. The summed E-state index contributed by atoms with van der Waals surface area (Å²) >= 11 is 0. The molecule has 0 bridgehead atoms. The van der Waals surface area contributed by atoms with Crippen molar-refractivity contribution in [2.45, 2.75) is 19.9 Å². The maximum absolute atomic E-state index is 5.90. The van der Waals surface area contributed by atoms with Crippen LogP contribution in [0.3, 0.4) is 0 Å². The normalized spacial score (nSPS) is 13.9. The highest BCUT2D eigenvalue weighted by molar-refractivity contribution is 14.0. The fourth-order valence-corrected chi connectivity index (χ4v) is 2.15. The number of furan rings is 1. The highest BCUT2D eigenvalue weighted by Crippen LogP contribution is 2.32. The molecule has 6 nitrogen and oxygen atoms in total. The van der Waals surface area contributed by atoms with Gasteiger partial charge in [-0.15, -0.1) is 24.0 Å². The maximum Gasteiger partial charge on any atom is 0.193 e. The average molecular weight is 429 g/mol. The molecule has 2 aromatic rings. The van der Waals surface area contributed by atoms with E-state index in [1.54, 1.807) is 6.26 Å². The van der Waals surface area contributed by atoms with Crippen LogP contribution in [0.4, 0.5) is 5.69 Å². The van der Waals surface area contributed by atoms with Gasteiger partial charge in [-0.2, -0.15) is 0 Å². The Hall–Kier alpha value is -1.90. The Bertz CT molecular complexity index is 685. The van der Waals surface area contributed by atoms with E-state index in [1.165, 1.54) is 0 Å². The zero-order valence-electron chi connectivity index (χ0n) is 12.9. The van der Waals surface area contributed by atoms with E-state index in [4.69, 9.17) is 19.6 Å². The molecule has 0 saturated carbocycles. The smallest absolute Gasteiger partial charge is 0.193 e. The van der Waals surface area contributed by atoms with E-state index >= 15 is 0 Å². The van der Waals surface area contributed by atoms with Crippen molar-refractivity contribution in [3.8, 4) is 11.5 Å². The Morgan fingerprint density at radius 2 is 2.00 bits per heavy atom. The number of ether oxygens (including phenoxy) is 2. The van der Waals surface area contributed by atoms with Gasteiger partial charge in [-0.3, -0.25) is 0 Å². The second kappa shape index (κ2) is 8.09. The molecule has 0 spiro atoms. The van der Waals surface area contributed by atoms with Gasteiger partial charge in [0.05, 0.1) is 19.5 Å². The molecule has 0 saturated heterocycles.